The summed E-state index contributed by atoms with van der Waals surface area (Å²) in [6.45, 7) is 2.50. The average Bonchev–Trinajstić information content (AvgIpc) is 2.54. The molecule has 0 radical (unpaired) electrons. The van der Waals surface area contributed by atoms with Crippen LogP contribution in [0.4, 0.5) is 5.69 Å². The van der Waals surface area contributed by atoms with Gasteiger partial charge in [-0.2, -0.15) is 0 Å². The molecule has 2 aromatic carbocycles. The quantitative estimate of drug-likeness (QED) is 0.658. The fourth-order valence-electron chi connectivity index (χ4n) is 1.98. The van der Waals surface area contributed by atoms with Gasteiger partial charge in [0.1, 0.15) is 0 Å². The zero-order valence-corrected chi connectivity index (χ0v) is 13.1. The summed E-state index contributed by atoms with van der Waals surface area (Å²) in [6.07, 6.45) is 0. The van der Waals surface area contributed by atoms with E-state index in [1.54, 1.807) is 14.2 Å². The SMILES string of the molecule is COc1ccc(CN=C(N)Nc2ccc(C)cc2)cc1OC. The second-order valence-corrected chi connectivity index (χ2v) is 4.88. The Morgan fingerprint density at radius 2 is 1.73 bits per heavy atom. The van der Waals surface area contributed by atoms with Gasteiger partial charge < -0.3 is 20.5 Å². The van der Waals surface area contributed by atoms with Crippen LogP contribution in [0, 0.1) is 6.92 Å². The van der Waals surface area contributed by atoms with Crippen molar-refractivity contribution >= 4 is 11.6 Å². The molecule has 3 N–H and O–H groups in total. The van der Waals surface area contributed by atoms with Gasteiger partial charge in [0, 0.05) is 5.69 Å². The Kier molecular flexibility index (Phi) is 5.25. The zero-order chi connectivity index (χ0) is 15.9. The molecule has 0 aliphatic rings. The summed E-state index contributed by atoms with van der Waals surface area (Å²) >= 11 is 0. The van der Waals surface area contributed by atoms with E-state index in [9.17, 15) is 0 Å². The minimum Gasteiger partial charge on any atom is -0.493 e. The van der Waals surface area contributed by atoms with Gasteiger partial charge in [-0.3, -0.25) is 0 Å². The van der Waals surface area contributed by atoms with Gasteiger partial charge in [-0.15, -0.1) is 0 Å². The molecule has 22 heavy (non-hydrogen) atoms. The lowest BCUT2D eigenvalue weighted by Gasteiger charge is -2.09. The van der Waals surface area contributed by atoms with Crippen LogP contribution in [-0.4, -0.2) is 20.2 Å². The van der Waals surface area contributed by atoms with Gasteiger partial charge in [0.2, 0.25) is 0 Å². The average molecular weight is 299 g/mol. The molecular formula is C17H21N3O2. The maximum atomic E-state index is 5.90. The van der Waals surface area contributed by atoms with Crippen LogP contribution >= 0.6 is 0 Å². The van der Waals surface area contributed by atoms with Gasteiger partial charge in [-0.25, -0.2) is 4.99 Å². The number of hydrogen-bond acceptors (Lipinski definition) is 3. The molecule has 0 aliphatic carbocycles. The lowest BCUT2D eigenvalue weighted by molar-refractivity contribution is 0.354. The van der Waals surface area contributed by atoms with E-state index in [1.807, 2.05) is 49.4 Å². The first kappa shape index (κ1) is 15.7. The standard InChI is InChI=1S/C17H21N3O2/c1-12-4-7-14(8-5-12)20-17(18)19-11-13-6-9-15(21-2)16(10-13)22-3/h4-10H,11H2,1-3H3,(H3,18,19,20). The van der Waals surface area contributed by atoms with Gasteiger partial charge in [0.25, 0.3) is 0 Å². The van der Waals surface area contributed by atoms with Crippen LogP contribution in [0.15, 0.2) is 47.5 Å². The zero-order valence-electron chi connectivity index (χ0n) is 13.1. The number of ether oxygens (including phenoxy) is 2. The predicted octanol–water partition coefficient (Wildman–Crippen LogP) is 2.94. The molecule has 0 atom stereocenters. The number of nitrogens with two attached hydrogens (primary N) is 1. The van der Waals surface area contributed by atoms with Gasteiger partial charge in [0.15, 0.2) is 17.5 Å². The first-order chi connectivity index (χ1) is 10.6. The van der Waals surface area contributed by atoms with E-state index >= 15 is 0 Å². The second-order valence-electron chi connectivity index (χ2n) is 4.88. The number of aryl methyl sites for hydroxylation is 1. The number of aliphatic imine (C=N–C) groups is 1. The fourth-order valence-corrected chi connectivity index (χ4v) is 1.98. The van der Waals surface area contributed by atoms with Gasteiger partial charge in [-0.1, -0.05) is 23.8 Å². The fraction of sp³-hybridized carbons (Fsp3) is 0.235. The Hall–Kier alpha value is -2.69. The molecule has 0 saturated heterocycles. The van der Waals surface area contributed by atoms with Crippen LogP contribution in [0.1, 0.15) is 11.1 Å². The number of nitrogens with one attached hydrogen (secondary N) is 1. The highest BCUT2D eigenvalue weighted by Gasteiger charge is 2.04. The van der Waals surface area contributed by atoms with Crippen LogP contribution in [0.2, 0.25) is 0 Å². The maximum absolute atomic E-state index is 5.90. The number of hydrogen-bond donors (Lipinski definition) is 2. The van der Waals surface area contributed by atoms with Crippen molar-refractivity contribution in [2.75, 3.05) is 19.5 Å². The minimum absolute atomic E-state index is 0.374. The summed E-state index contributed by atoms with van der Waals surface area (Å²) in [4.78, 5) is 4.33. The number of benzene rings is 2. The van der Waals surface area contributed by atoms with Gasteiger partial charge >= 0.3 is 0 Å². The predicted molar refractivity (Wildman–Crippen MR) is 89.7 cm³/mol. The molecule has 0 amide bonds. The van der Waals surface area contributed by atoms with E-state index in [4.69, 9.17) is 15.2 Å². The first-order valence-electron chi connectivity index (χ1n) is 6.97. The normalized spacial score (nSPS) is 11.1. The largest absolute Gasteiger partial charge is 0.493 e. The third-order valence-corrected chi connectivity index (χ3v) is 3.20. The minimum atomic E-state index is 0.374. The van der Waals surface area contributed by atoms with Crippen molar-refractivity contribution in [3.8, 4) is 11.5 Å². The molecule has 2 aromatic rings. The lowest BCUT2D eigenvalue weighted by Crippen LogP contribution is -2.22. The summed E-state index contributed by atoms with van der Waals surface area (Å²) in [5, 5.41) is 3.06. The smallest absolute Gasteiger partial charge is 0.193 e. The Labute approximate surface area is 130 Å². The van der Waals surface area contributed by atoms with Crippen LogP contribution < -0.4 is 20.5 Å². The summed E-state index contributed by atoms with van der Waals surface area (Å²) < 4.78 is 10.5. The van der Waals surface area contributed by atoms with Crippen molar-refractivity contribution in [1.29, 1.82) is 0 Å². The third-order valence-electron chi connectivity index (χ3n) is 3.20. The third kappa shape index (κ3) is 4.15. The van der Waals surface area contributed by atoms with Crippen molar-refractivity contribution in [3.63, 3.8) is 0 Å². The number of rotatable bonds is 5. The molecule has 116 valence electrons. The summed E-state index contributed by atoms with van der Waals surface area (Å²) in [7, 11) is 3.22. The molecule has 0 aromatic heterocycles. The highest BCUT2D eigenvalue weighted by Crippen LogP contribution is 2.27. The molecule has 5 heteroatoms. The molecule has 0 heterocycles. The first-order valence-corrected chi connectivity index (χ1v) is 6.97. The maximum Gasteiger partial charge on any atom is 0.193 e. The van der Waals surface area contributed by atoms with Crippen LogP contribution in [0.5, 0.6) is 11.5 Å². The van der Waals surface area contributed by atoms with Crippen molar-refractivity contribution in [2.24, 2.45) is 10.7 Å². The molecule has 5 nitrogen and oxygen atoms in total. The molecule has 0 fully saturated rings. The molecule has 2 rings (SSSR count). The Morgan fingerprint density at radius 1 is 1.05 bits per heavy atom. The number of guanidine groups is 1. The van der Waals surface area contributed by atoms with Crippen LogP contribution in [0.3, 0.4) is 0 Å². The monoisotopic (exact) mass is 299 g/mol. The molecular weight excluding hydrogens is 278 g/mol. The Balaban J connectivity index is 2.02. The number of nitrogens with zero attached hydrogens (tertiary/aromatic N) is 1. The highest BCUT2D eigenvalue weighted by molar-refractivity contribution is 5.92. The molecule has 0 unspecified atom stereocenters. The van der Waals surface area contributed by atoms with Crippen LogP contribution in [0.25, 0.3) is 0 Å². The molecule has 0 spiro atoms. The van der Waals surface area contributed by atoms with Crippen molar-refractivity contribution in [2.45, 2.75) is 13.5 Å². The summed E-state index contributed by atoms with van der Waals surface area (Å²) in [5.41, 5.74) is 9.01. The lowest BCUT2D eigenvalue weighted by atomic mass is 10.2. The van der Waals surface area contributed by atoms with E-state index in [1.165, 1.54) is 5.56 Å². The van der Waals surface area contributed by atoms with Gasteiger partial charge in [0.05, 0.1) is 20.8 Å². The highest BCUT2D eigenvalue weighted by atomic mass is 16.5. The molecule has 0 saturated carbocycles. The summed E-state index contributed by atoms with van der Waals surface area (Å²) in [5.74, 6) is 1.75. The van der Waals surface area contributed by atoms with E-state index in [0.29, 0.717) is 24.0 Å². The summed E-state index contributed by atoms with van der Waals surface area (Å²) in [6, 6.07) is 13.6. The van der Waals surface area contributed by atoms with Crippen LogP contribution in [-0.2, 0) is 6.54 Å². The van der Waals surface area contributed by atoms with E-state index in [2.05, 4.69) is 10.3 Å². The van der Waals surface area contributed by atoms with E-state index < -0.39 is 0 Å². The topological polar surface area (TPSA) is 68.9 Å². The van der Waals surface area contributed by atoms with E-state index in [-0.39, 0.29) is 0 Å². The van der Waals surface area contributed by atoms with Gasteiger partial charge in [-0.05, 0) is 36.8 Å². The van der Waals surface area contributed by atoms with Crippen molar-refractivity contribution in [3.05, 3.63) is 53.6 Å². The molecule has 0 bridgehead atoms. The Bertz CT molecular complexity index is 651. The van der Waals surface area contributed by atoms with E-state index in [0.717, 1.165) is 11.3 Å². The van der Waals surface area contributed by atoms with Crippen molar-refractivity contribution in [1.82, 2.24) is 0 Å². The van der Waals surface area contributed by atoms with Crippen molar-refractivity contribution < 1.29 is 9.47 Å². The Morgan fingerprint density at radius 3 is 2.36 bits per heavy atom. The number of anilines is 1. The molecule has 0 aliphatic heterocycles. The second kappa shape index (κ2) is 7.36. The number of methoxy groups -OCH3 is 2.